The summed E-state index contributed by atoms with van der Waals surface area (Å²) in [6.07, 6.45) is 1.55. The molecular weight excluding hydrogens is 263 g/mol. The maximum atomic E-state index is 11.6. The molecule has 0 aromatic heterocycles. The van der Waals surface area contributed by atoms with Gasteiger partial charge in [-0.3, -0.25) is 4.79 Å². The van der Waals surface area contributed by atoms with Crippen LogP contribution in [0.4, 0.5) is 0 Å². The van der Waals surface area contributed by atoms with Crippen molar-refractivity contribution in [1.82, 2.24) is 0 Å². The molecule has 0 saturated heterocycles. The van der Waals surface area contributed by atoms with Crippen LogP contribution >= 0.6 is 35.0 Å². The predicted molar refractivity (Wildman–Crippen MR) is 72.6 cm³/mol. The summed E-state index contributed by atoms with van der Waals surface area (Å²) < 4.78 is 0. The topological polar surface area (TPSA) is 17.1 Å². The van der Waals surface area contributed by atoms with Crippen molar-refractivity contribution in [2.45, 2.75) is 25.1 Å². The number of benzene rings is 1. The molecule has 0 aliphatic carbocycles. The minimum Gasteiger partial charge on any atom is -0.286 e. The number of halogens is 2. The van der Waals surface area contributed by atoms with Crippen LogP contribution in [-0.4, -0.2) is 16.2 Å². The van der Waals surface area contributed by atoms with Crippen molar-refractivity contribution in [3.05, 3.63) is 34.9 Å². The first kappa shape index (κ1) is 13.9. The Hall–Kier alpha value is -0.180. The van der Waals surface area contributed by atoms with E-state index in [1.54, 1.807) is 0 Å². The number of carbonyl (C=O) groups is 1. The lowest BCUT2D eigenvalue weighted by atomic mass is 10.1. The monoisotopic (exact) mass is 276 g/mol. The largest absolute Gasteiger partial charge is 0.286 e. The Bertz CT molecular complexity index is 337. The van der Waals surface area contributed by atoms with Gasteiger partial charge >= 0.3 is 0 Å². The first-order chi connectivity index (χ1) is 7.63. The zero-order valence-corrected chi connectivity index (χ0v) is 11.4. The Kier molecular flexibility index (Phi) is 6.25. The molecule has 88 valence electrons. The van der Waals surface area contributed by atoms with E-state index in [1.807, 2.05) is 31.2 Å². The maximum Gasteiger partial charge on any atom is 0.207 e. The summed E-state index contributed by atoms with van der Waals surface area (Å²) in [4.78, 5) is 11.6. The summed E-state index contributed by atoms with van der Waals surface area (Å²) in [5.41, 5.74) is 1.04. The third kappa shape index (κ3) is 4.77. The van der Waals surface area contributed by atoms with E-state index in [4.69, 9.17) is 23.2 Å². The minimum atomic E-state index is -0.447. The summed E-state index contributed by atoms with van der Waals surface area (Å²) >= 11 is 13.1. The predicted octanol–water partition coefficient (Wildman–Crippen LogP) is 4.16. The van der Waals surface area contributed by atoms with Gasteiger partial charge in [0, 0.05) is 10.8 Å². The number of carbonyl (C=O) groups excluding carboxylic acids is 1. The molecule has 0 radical (unpaired) electrons. The fourth-order valence-electron chi connectivity index (χ4n) is 1.20. The summed E-state index contributed by atoms with van der Waals surface area (Å²) in [7, 11) is 0. The molecule has 1 aromatic rings. The summed E-state index contributed by atoms with van der Waals surface area (Å²) in [5.74, 6) is 0.836. The molecule has 1 rings (SSSR count). The van der Waals surface area contributed by atoms with E-state index in [9.17, 15) is 4.79 Å². The molecule has 0 spiro atoms. The first-order valence-electron chi connectivity index (χ1n) is 5.18. The van der Waals surface area contributed by atoms with Crippen molar-refractivity contribution in [3.63, 3.8) is 0 Å². The van der Waals surface area contributed by atoms with Crippen LogP contribution in [0.5, 0.6) is 0 Å². The lowest BCUT2D eigenvalue weighted by Crippen LogP contribution is -2.14. The molecule has 0 aliphatic rings. The highest BCUT2D eigenvalue weighted by Crippen LogP contribution is 2.18. The zero-order chi connectivity index (χ0) is 12.0. The molecule has 0 bridgehead atoms. The van der Waals surface area contributed by atoms with Crippen molar-refractivity contribution in [1.29, 1.82) is 0 Å². The Morgan fingerprint density at radius 3 is 2.56 bits per heavy atom. The van der Waals surface area contributed by atoms with Gasteiger partial charge in [-0.15, -0.1) is 11.6 Å². The lowest BCUT2D eigenvalue weighted by molar-refractivity contribution is -0.110. The second kappa shape index (κ2) is 7.21. The minimum absolute atomic E-state index is 0.0541. The average Bonchev–Trinajstić information content (AvgIpc) is 2.29. The van der Waals surface area contributed by atoms with Gasteiger partial charge in [-0.25, -0.2) is 0 Å². The number of thioether (sulfide) groups is 1. The number of hydrogen-bond donors (Lipinski definition) is 0. The SMILES string of the molecule is CCCSC(=O)C(Cl)Cc1ccc(Cl)cc1. The van der Waals surface area contributed by atoms with Crippen molar-refractivity contribution in [2.75, 3.05) is 5.75 Å². The molecule has 1 nitrogen and oxygen atoms in total. The number of hydrogen-bond acceptors (Lipinski definition) is 2. The van der Waals surface area contributed by atoms with Gasteiger partial charge in [0.15, 0.2) is 0 Å². The Morgan fingerprint density at radius 2 is 2.00 bits per heavy atom. The zero-order valence-electron chi connectivity index (χ0n) is 9.08. The molecule has 0 fully saturated rings. The van der Waals surface area contributed by atoms with Crippen LogP contribution in [-0.2, 0) is 11.2 Å². The van der Waals surface area contributed by atoms with E-state index in [0.29, 0.717) is 11.4 Å². The molecule has 0 N–H and O–H groups in total. The van der Waals surface area contributed by atoms with Gasteiger partial charge in [0.2, 0.25) is 5.12 Å². The molecule has 1 aromatic carbocycles. The summed E-state index contributed by atoms with van der Waals surface area (Å²) in [5, 5.41) is 0.303. The van der Waals surface area contributed by atoms with Crippen molar-refractivity contribution < 1.29 is 4.79 Å². The molecule has 0 heterocycles. The van der Waals surface area contributed by atoms with Gasteiger partial charge in [-0.2, -0.15) is 0 Å². The van der Waals surface area contributed by atoms with Gasteiger partial charge in [0.1, 0.15) is 5.38 Å². The van der Waals surface area contributed by atoms with Gasteiger partial charge < -0.3 is 0 Å². The molecule has 1 atom stereocenters. The van der Waals surface area contributed by atoms with Crippen molar-refractivity contribution >= 4 is 40.1 Å². The molecule has 1 unspecified atom stereocenters. The highest BCUT2D eigenvalue weighted by Gasteiger charge is 2.15. The normalized spacial score (nSPS) is 12.4. The first-order valence-corrected chi connectivity index (χ1v) is 6.98. The van der Waals surface area contributed by atoms with E-state index in [1.165, 1.54) is 11.8 Å². The molecule has 0 saturated carbocycles. The van der Waals surface area contributed by atoms with Crippen molar-refractivity contribution in [3.8, 4) is 0 Å². The van der Waals surface area contributed by atoms with E-state index >= 15 is 0 Å². The van der Waals surface area contributed by atoms with E-state index in [0.717, 1.165) is 17.7 Å². The molecule has 0 amide bonds. The van der Waals surface area contributed by atoms with Crippen LogP contribution in [0, 0.1) is 0 Å². The highest BCUT2D eigenvalue weighted by atomic mass is 35.5. The summed E-state index contributed by atoms with van der Waals surface area (Å²) in [6.45, 7) is 2.04. The molecular formula is C12H14Cl2OS. The van der Waals surface area contributed by atoms with Crippen LogP contribution in [0.2, 0.25) is 5.02 Å². The average molecular weight is 277 g/mol. The van der Waals surface area contributed by atoms with Gasteiger partial charge in [-0.05, 0) is 30.5 Å². The number of rotatable bonds is 5. The van der Waals surface area contributed by atoms with Crippen LogP contribution in [0.15, 0.2) is 24.3 Å². The molecule has 16 heavy (non-hydrogen) atoms. The van der Waals surface area contributed by atoms with E-state index in [2.05, 4.69) is 0 Å². The van der Waals surface area contributed by atoms with E-state index < -0.39 is 5.38 Å². The fraction of sp³-hybridized carbons (Fsp3) is 0.417. The Morgan fingerprint density at radius 1 is 1.38 bits per heavy atom. The van der Waals surface area contributed by atoms with Crippen LogP contribution in [0.3, 0.4) is 0 Å². The standard InChI is InChI=1S/C12H14Cl2OS/c1-2-7-16-12(15)11(14)8-9-3-5-10(13)6-4-9/h3-6,11H,2,7-8H2,1H3. The second-order valence-electron chi connectivity index (χ2n) is 3.47. The Labute approximate surface area is 111 Å². The molecule has 4 heteroatoms. The smallest absolute Gasteiger partial charge is 0.207 e. The van der Waals surface area contributed by atoms with Gasteiger partial charge in [0.25, 0.3) is 0 Å². The highest BCUT2D eigenvalue weighted by molar-refractivity contribution is 8.13. The molecule has 0 aliphatic heterocycles. The number of alkyl halides is 1. The van der Waals surface area contributed by atoms with Crippen LogP contribution in [0.1, 0.15) is 18.9 Å². The van der Waals surface area contributed by atoms with Crippen LogP contribution in [0.25, 0.3) is 0 Å². The third-order valence-electron chi connectivity index (χ3n) is 2.03. The van der Waals surface area contributed by atoms with Crippen LogP contribution < -0.4 is 0 Å². The van der Waals surface area contributed by atoms with E-state index in [-0.39, 0.29) is 5.12 Å². The van der Waals surface area contributed by atoms with Gasteiger partial charge in [0.05, 0.1) is 0 Å². The quantitative estimate of drug-likeness (QED) is 0.752. The maximum absolute atomic E-state index is 11.6. The Balaban J connectivity index is 2.47. The lowest BCUT2D eigenvalue weighted by Gasteiger charge is -2.07. The second-order valence-corrected chi connectivity index (χ2v) is 5.53. The fourth-order valence-corrected chi connectivity index (χ4v) is 2.37. The van der Waals surface area contributed by atoms with Gasteiger partial charge in [-0.1, -0.05) is 42.4 Å². The summed E-state index contributed by atoms with van der Waals surface area (Å²) in [6, 6.07) is 7.42. The van der Waals surface area contributed by atoms with Crippen molar-refractivity contribution in [2.24, 2.45) is 0 Å². The third-order valence-corrected chi connectivity index (χ3v) is 3.95.